The van der Waals surface area contributed by atoms with E-state index in [1.165, 1.54) is 0 Å². The Morgan fingerprint density at radius 1 is 1.80 bits per heavy atom. The van der Waals surface area contributed by atoms with Gasteiger partial charge in [-0.05, 0) is 19.4 Å². The molecule has 0 radical (unpaired) electrons. The first-order chi connectivity index (χ1) is 4.57. The normalized spacial score (nSPS) is 30.5. The second kappa shape index (κ2) is 2.43. The second-order valence-electron chi connectivity index (χ2n) is 2.40. The Morgan fingerprint density at radius 2 is 2.40 bits per heavy atom. The largest absolute Gasteiger partial charge is 0.172 e. The molecule has 1 rings (SSSR count). The molecule has 54 valence electrons. The summed E-state index contributed by atoms with van der Waals surface area (Å²) < 4.78 is 0.572. The van der Waals surface area contributed by atoms with Crippen LogP contribution in [0.5, 0.6) is 0 Å². The van der Waals surface area contributed by atoms with Gasteiger partial charge in [-0.2, -0.15) is 10.2 Å². The lowest BCUT2D eigenvalue weighted by Crippen LogP contribution is -2.27. The van der Waals surface area contributed by atoms with Gasteiger partial charge in [0.1, 0.15) is 5.54 Å². The number of hydrogen-bond donors (Lipinski definition) is 1. The van der Waals surface area contributed by atoms with Gasteiger partial charge in [-0.3, -0.25) is 0 Å². The van der Waals surface area contributed by atoms with Gasteiger partial charge < -0.3 is 0 Å². The van der Waals surface area contributed by atoms with Crippen LogP contribution in [-0.2, 0) is 0 Å². The standard InChI is InChI=1S/C6H8N2S2/c1-4-3-7-8-6(4,2)5(9)10/h3H,1-2H3,(H,9,10). The van der Waals surface area contributed by atoms with E-state index in [0.717, 1.165) is 5.57 Å². The maximum absolute atomic E-state index is 4.92. The van der Waals surface area contributed by atoms with E-state index in [2.05, 4.69) is 22.9 Å². The van der Waals surface area contributed by atoms with E-state index in [1.807, 2.05) is 13.8 Å². The van der Waals surface area contributed by atoms with E-state index in [4.69, 9.17) is 12.2 Å². The van der Waals surface area contributed by atoms with Crippen molar-refractivity contribution >= 4 is 29.0 Å². The molecule has 0 aromatic rings. The molecule has 0 spiro atoms. The van der Waals surface area contributed by atoms with Crippen molar-refractivity contribution in [2.75, 3.05) is 0 Å². The first kappa shape index (κ1) is 7.88. The lowest BCUT2D eigenvalue weighted by molar-refractivity contribution is 0.743. The fraction of sp³-hybridized carbons (Fsp3) is 0.500. The van der Waals surface area contributed by atoms with Crippen LogP contribution in [-0.4, -0.2) is 9.74 Å². The van der Waals surface area contributed by atoms with E-state index in [-0.39, 0.29) is 0 Å². The molecule has 0 saturated carbocycles. The van der Waals surface area contributed by atoms with Gasteiger partial charge >= 0.3 is 0 Å². The molecule has 4 heteroatoms. The second-order valence-corrected chi connectivity index (χ2v) is 3.56. The molecule has 0 amide bonds. The Kier molecular flexibility index (Phi) is 1.92. The van der Waals surface area contributed by atoms with Gasteiger partial charge in [0.25, 0.3) is 0 Å². The SMILES string of the molecule is CC1=CN=NC1(C)C(=S)S. The minimum atomic E-state index is -0.432. The van der Waals surface area contributed by atoms with Crippen LogP contribution in [0, 0.1) is 0 Å². The third kappa shape index (κ3) is 1.01. The van der Waals surface area contributed by atoms with E-state index < -0.39 is 5.54 Å². The van der Waals surface area contributed by atoms with Crippen LogP contribution in [0.1, 0.15) is 13.8 Å². The van der Waals surface area contributed by atoms with E-state index in [1.54, 1.807) is 6.20 Å². The highest BCUT2D eigenvalue weighted by Gasteiger charge is 2.32. The van der Waals surface area contributed by atoms with E-state index in [0.29, 0.717) is 4.20 Å². The topological polar surface area (TPSA) is 24.7 Å². The Morgan fingerprint density at radius 3 is 2.60 bits per heavy atom. The average molecular weight is 172 g/mol. The lowest BCUT2D eigenvalue weighted by Gasteiger charge is -2.17. The van der Waals surface area contributed by atoms with Gasteiger partial charge in [0.2, 0.25) is 0 Å². The third-order valence-electron chi connectivity index (χ3n) is 1.69. The first-order valence-electron chi connectivity index (χ1n) is 2.90. The minimum absolute atomic E-state index is 0.432. The van der Waals surface area contributed by atoms with Crippen molar-refractivity contribution in [1.82, 2.24) is 0 Å². The number of nitrogens with zero attached hydrogens (tertiary/aromatic N) is 2. The van der Waals surface area contributed by atoms with Crippen molar-refractivity contribution in [3.05, 3.63) is 11.8 Å². The number of thiol groups is 1. The van der Waals surface area contributed by atoms with Crippen LogP contribution < -0.4 is 0 Å². The summed E-state index contributed by atoms with van der Waals surface area (Å²) in [6.45, 7) is 3.85. The average Bonchev–Trinajstić information content (AvgIpc) is 2.15. The quantitative estimate of drug-likeness (QED) is 0.476. The molecule has 2 nitrogen and oxygen atoms in total. The van der Waals surface area contributed by atoms with Crippen LogP contribution in [0.15, 0.2) is 22.0 Å². The summed E-state index contributed by atoms with van der Waals surface area (Å²) >= 11 is 8.99. The van der Waals surface area contributed by atoms with Gasteiger partial charge in [-0.25, -0.2) is 0 Å². The Balaban J connectivity index is 3.00. The maximum Gasteiger partial charge on any atom is 0.142 e. The molecule has 10 heavy (non-hydrogen) atoms. The summed E-state index contributed by atoms with van der Waals surface area (Å²) in [5.74, 6) is 0. The molecule has 1 heterocycles. The van der Waals surface area contributed by atoms with Crippen LogP contribution in [0.2, 0.25) is 0 Å². The zero-order chi connectivity index (χ0) is 7.78. The molecule has 0 N–H and O–H groups in total. The Bertz CT molecular complexity index is 232. The van der Waals surface area contributed by atoms with Gasteiger partial charge in [0.05, 0.1) is 10.4 Å². The molecule has 1 aliphatic rings. The predicted octanol–water partition coefficient (Wildman–Crippen LogP) is 2.37. The molecule has 0 aromatic carbocycles. The Labute approximate surface area is 70.8 Å². The monoisotopic (exact) mass is 172 g/mol. The number of rotatable bonds is 1. The highest BCUT2D eigenvalue weighted by atomic mass is 32.1. The Hall–Kier alpha value is -0.220. The van der Waals surface area contributed by atoms with Crippen molar-refractivity contribution in [2.24, 2.45) is 10.2 Å². The number of thiocarbonyl (C=S) groups is 1. The van der Waals surface area contributed by atoms with Crippen LogP contribution in [0.3, 0.4) is 0 Å². The van der Waals surface area contributed by atoms with Crippen molar-refractivity contribution < 1.29 is 0 Å². The zero-order valence-electron chi connectivity index (χ0n) is 5.83. The van der Waals surface area contributed by atoms with Crippen LogP contribution in [0.25, 0.3) is 0 Å². The molecular formula is C6H8N2S2. The molecule has 0 aliphatic carbocycles. The lowest BCUT2D eigenvalue weighted by atomic mass is 9.98. The fourth-order valence-electron chi connectivity index (χ4n) is 0.647. The predicted molar refractivity (Wildman–Crippen MR) is 48.6 cm³/mol. The summed E-state index contributed by atoms with van der Waals surface area (Å²) in [6, 6.07) is 0. The van der Waals surface area contributed by atoms with Gasteiger partial charge in [-0.15, -0.1) is 12.6 Å². The molecule has 0 aromatic heterocycles. The van der Waals surface area contributed by atoms with Crippen LogP contribution >= 0.6 is 24.8 Å². The maximum atomic E-state index is 4.92. The van der Waals surface area contributed by atoms with Crippen molar-refractivity contribution in [3.63, 3.8) is 0 Å². The highest BCUT2D eigenvalue weighted by Crippen LogP contribution is 2.29. The summed E-state index contributed by atoms with van der Waals surface area (Å²) in [5.41, 5.74) is 0.617. The highest BCUT2D eigenvalue weighted by molar-refractivity contribution is 8.11. The summed E-state index contributed by atoms with van der Waals surface area (Å²) in [7, 11) is 0. The van der Waals surface area contributed by atoms with E-state index >= 15 is 0 Å². The van der Waals surface area contributed by atoms with Gasteiger partial charge in [0.15, 0.2) is 0 Å². The molecular weight excluding hydrogens is 164 g/mol. The van der Waals surface area contributed by atoms with E-state index in [9.17, 15) is 0 Å². The van der Waals surface area contributed by atoms with Crippen molar-refractivity contribution in [2.45, 2.75) is 19.4 Å². The molecule has 1 aliphatic heterocycles. The minimum Gasteiger partial charge on any atom is -0.172 e. The molecule has 0 fully saturated rings. The summed E-state index contributed by atoms with van der Waals surface area (Å²) in [6.07, 6.45) is 1.71. The smallest absolute Gasteiger partial charge is 0.142 e. The first-order valence-corrected chi connectivity index (χ1v) is 3.75. The van der Waals surface area contributed by atoms with Crippen molar-refractivity contribution in [1.29, 1.82) is 0 Å². The molecule has 0 saturated heterocycles. The summed E-state index contributed by atoms with van der Waals surface area (Å²) in [5, 5.41) is 7.73. The molecule has 1 atom stereocenters. The summed E-state index contributed by atoms with van der Waals surface area (Å²) in [4.78, 5) is 0. The zero-order valence-corrected chi connectivity index (χ0v) is 7.54. The van der Waals surface area contributed by atoms with Crippen molar-refractivity contribution in [3.8, 4) is 0 Å². The molecule has 1 unspecified atom stereocenters. The number of hydrogen-bond acceptors (Lipinski definition) is 3. The fourth-order valence-corrected chi connectivity index (χ4v) is 1.07. The number of azo groups is 1. The third-order valence-corrected chi connectivity index (χ3v) is 2.53. The molecule has 0 bridgehead atoms. The van der Waals surface area contributed by atoms with Gasteiger partial charge in [-0.1, -0.05) is 12.2 Å². The van der Waals surface area contributed by atoms with Crippen LogP contribution in [0.4, 0.5) is 0 Å². The van der Waals surface area contributed by atoms with Gasteiger partial charge in [0, 0.05) is 0 Å².